The van der Waals surface area contributed by atoms with Crippen LogP contribution in [0.25, 0.3) is 0 Å². The van der Waals surface area contributed by atoms with Crippen LogP contribution in [-0.4, -0.2) is 35.5 Å². The Hall–Kier alpha value is -3.35. The van der Waals surface area contributed by atoms with E-state index in [9.17, 15) is 14.4 Å². The Balaban J connectivity index is 1.63. The zero-order valence-corrected chi connectivity index (χ0v) is 15.9. The summed E-state index contributed by atoms with van der Waals surface area (Å²) in [5.74, 6) is -0.371. The molecule has 1 aliphatic rings. The highest BCUT2D eigenvalue weighted by atomic mass is 16.5. The Kier molecular flexibility index (Phi) is 5.63. The minimum Gasteiger partial charge on any atom is -0.496 e. The number of benzene rings is 2. The maximum atomic E-state index is 12.8. The van der Waals surface area contributed by atoms with Gasteiger partial charge in [0.25, 0.3) is 5.91 Å². The van der Waals surface area contributed by atoms with Crippen molar-refractivity contribution in [2.45, 2.75) is 31.7 Å². The van der Waals surface area contributed by atoms with E-state index in [0.717, 1.165) is 10.6 Å². The summed E-state index contributed by atoms with van der Waals surface area (Å²) in [6.45, 7) is 1.67. The lowest BCUT2D eigenvalue weighted by Crippen LogP contribution is -2.49. The summed E-state index contributed by atoms with van der Waals surface area (Å²) in [4.78, 5) is 37.4. The quantitative estimate of drug-likeness (QED) is 0.720. The van der Waals surface area contributed by atoms with Crippen LogP contribution < -0.4 is 15.5 Å². The molecule has 1 fully saturated rings. The number of carbonyl (C=O) groups excluding carboxylic acids is 3. The first-order chi connectivity index (χ1) is 13.4. The molecule has 1 saturated heterocycles. The summed E-state index contributed by atoms with van der Waals surface area (Å²) >= 11 is 0. The van der Waals surface area contributed by atoms with Crippen molar-refractivity contribution in [1.82, 2.24) is 15.8 Å². The number of para-hydroxylation sites is 1. The van der Waals surface area contributed by atoms with Gasteiger partial charge in [0, 0.05) is 5.56 Å². The zero-order chi connectivity index (χ0) is 20.1. The van der Waals surface area contributed by atoms with Crippen molar-refractivity contribution >= 4 is 17.8 Å². The van der Waals surface area contributed by atoms with Gasteiger partial charge in [0.15, 0.2) is 0 Å². The maximum absolute atomic E-state index is 12.8. The maximum Gasteiger partial charge on any atom is 0.344 e. The van der Waals surface area contributed by atoms with E-state index in [1.807, 2.05) is 30.3 Å². The molecule has 2 aromatic carbocycles. The third-order valence-electron chi connectivity index (χ3n) is 4.80. The van der Waals surface area contributed by atoms with E-state index in [0.29, 0.717) is 24.2 Å². The Morgan fingerprint density at radius 1 is 1.11 bits per heavy atom. The number of nitrogens with zero attached hydrogens (tertiary/aromatic N) is 1. The number of rotatable bonds is 7. The lowest BCUT2D eigenvalue weighted by molar-refractivity contribution is -0.138. The molecule has 0 spiro atoms. The summed E-state index contributed by atoms with van der Waals surface area (Å²) in [6, 6.07) is 16.2. The molecule has 1 heterocycles. The van der Waals surface area contributed by atoms with Crippen molar-refractivity contribution < 1.29 is 19.1 Å². The fourth-order valence-corrected chi connectivity index (χ4v) is 3.18. The van der Waals surface area contributed by atoms with Crippen molar-refractivity contribution in [1.29, 1.82) is 0 Å². The van der Waals surface area contributed by atoms with Crippen molar-refractivity contribution in [3.63, 3.8) is 0 Å². The summed E-state index contributed by atoms with van der Waals surface area (Å²) < 4.78 is 5.23. The predicted molar refractivity (Wildman–Crippen MR) is 103 cm³/mol. The number of urea groups is 1. The molecule has 0 aliphatic carbocycles. The first-order valence-corrected chi connectivity index (χ1v) is 9.05. The first kappa shape index (κ1) is 19.4. The second-order valence-electron chi connectivity index (χ2n) is 6.91. The van der Waals surface area contributed by atoms with Gasteiger partial charge in [-0.15, -0.1) is 0 Å². The van der Waals surface area contributed by atoms with Crippen LogP contribution in [0.2, 0.25) is 0 Å². The van der Waals surface area contributed by atoms with E-state index in [1.54, 1.807) is 31.2 Å². The molecule has 2 N–H and O–H groups in total. The average Bonchev–Trinajstić information content (AvgIpc) is 2.91. The number of amides is 4. The molecule has 2 aromatic rings. The molecule has 7 nitrogen and oxygen atoms in total. The van der Waals surface area contributed by atoms with Crippen LogP contribution in [-0.2, 0) is 22.4 Å². The Bertz CT molecular complexity index is 884. The number of aryl methyl sites for hydroxylation is 1. The highest BCUT2D eigenvalue weighted by molar-refractivity contribution is 6.07. The number of carbonyl (C=O) groups is 3. The largest absolute Gasteiger partial charge is 0.496 e. The summed E-state index contributed by atoms with van der Waals surface area (Å²) in [5.41, 5.74) is 3.09. The molecule has 0 aromatic heterocycles. The van der Waals surface area contributed by atoms with Gasteiger partial charge < -0.3 is 10.1 Å². The van der Waals surface area contributed by atoms with Gasteiger partial charge in [-0.3, -0.25) is 15.0 Å². The van der Waals surface area contributed by atoms with Crippen LogP contribution in [0.15, 0.2) is 54.6 Å². The summed E-state index contributed by atoms with van der Waals surface area (Å²) in [6.07, 6.45) is 1.05. The van der Waals surface area contributed by atoms with E-state index >= 15 is 0 Å². The molecule has 7 heteroatoms. The van der Waals surface area contributed by atoms with Crippen molar-refractivity contribution in [2.75, 3.05) is 7.11 Å². The molecular weight excluding hydrogens is 358 g/mol. The number of ether oxygens (including phenoxy) is 1. The average molecular weight is 381 g/mol. The number of hydrogen-bond acceptors (Lipinski definition) is 4. The molecule has 1 aliphatic heterocycles. The van der Waals surface area contributed by atoms with Crippen LogP contribution in [0.5, 0.6) is 5.75 Å². The van der Waals surface area contributed by atoms with Crippen molar-refractivity contribution in [2.24, 2.45) is 0 Å². The Morgan fingerprint density at radius 2 is 1.79 bits per heavy atom. The fourth-order valence-electron chi connectivity index (χ4n) is 3.18. The molecule has 4 amide bonds. The van der Waals surface area contributed by atoms with E-state index in [2.05, 4.69) is 10.7 Å². The minimum absolute atomic E-state index is 0.0121. The second-order valence-corrected chi connectivity index (χ2v) is 6.91. The first-order valence-electron chi connectivity index (χ1n) is 9.05. The summed E-state index contributed by atoms with van der Waals surface area (Å²) in [7, 11) is 1.52. The predicted octanol–water partition coefficient (Wildman–Crippen LogP) is 2.21. The molecule has 3 rings (SSSR count). The van der Waals surface area contributed by atoms with Crippen LogP contribution in [0.1, 0.15) is 24.5 Å². The van der Waals surface area contributed by atoms with Gasteiger partial charge in [-0.25, -0.2) is 4.79 Å². The van der Waals surface area contributed by atoms with E-state index in [4.69, 9.17) is 4.74 Å². The SMILES string of the molecule is COc1ccccc1CC(=O)NN1C(=O)NC(C)(CCc2ccccc2)C1=O. The van der Waals surface area contributed by atoms with Crippen LogP contribution in [0, 0.1) is 0 Å². The number of hydrogen-bond donors (Lipinski definition) is 2. The molecule has 1 atom stereocenters. The lowest BCUT2D eigenvalue weighted by Gasteiger charge is -2.21. The molecule has 0 saturated carbocycles. The third kappa shape index (κ3) is 4.14. The highest BCUT2D eigenvalue weighted by Crippen LogP contribution is 2.23. The number of methoxy groups -OCH3 is 1. The zero-order valence-electron chi connectivity index (χ0n) is 15.9. The van der Waals surface area contributed by atoms with Gasteiger partial charge >= 0.3 is 6.03 Å². The molecular formula is C21H23N3O4. The molecule has 146 valence electrons. The standard InChI is InChI=1S/C21H23N3O4/c1-21(13-12-15-8-4-3-5-9-15)19(26)24(20(27)22-21)23-18(25)14-16-10-6-7-11-17(16)28-2/h3-11H,12-14H2,1-2H3,(H,22,27)(H,23,25). The third-order valence-corrected chi connectivity index (χ3v) is 4.80. The Morgan fingerprint density at radius 3 is 2.50 bits per heavy atom. The summed E-state index contributed by atoms with van der Waals surface area (Å²) in [5, 5.41) is 3.46. The van der Waals surface area contributed by atoms with E-state index < -0.39 is 23.4 Å². The van der Waals surface area contributed by atoms with Gasteiger partial charge in [-0.1, -0.05) is 48.5 Å². The highest BCUT2D eigenvalue weighted by Gasteiger charge is 2.48. The topological polar surface area (TPSA) is 87.7 Å². The molecule has 1 unspecified atom stereocenters. The van der Waals surface area contributed by atoms with E-state index in [1.165, 1.54) is 7.11 Å². The lowest BCUT2D eigenvalue weighted by atomic mass is 9.93. The number of imide groups is 1. The van der Waals surface area contributed by atoms with Crippen molar-refractivity contribution in [3.05, 3.63) is 65.7 Å². The second kappa shape index (κ2) is 8.12. The van der Waals surface area contributed by atoms with Crippen LogP contribution >= 0.6 is 0 Å². The Labute approximate surface area is 163 Å². The van der Waals surface area contributed by atoms with Crippen LogP contribution in [0.3, 0.4) is 0 Å². The molecule has 28 heavy (non-hydrogen) atoms. The number of hydrazine groups is 1. The minimum atomic E-state index is -1.06. The van der Waals surface area contributed by atoms with Crippen molar-refractivity contribution in [3.8, 4) is 5.75 Å². The van der Waals surface area contributed by atoms with Gasteiger partial charge in [-0.2, -0.15) is 5.01 Å². The molecule has 0 radical (unpaired) electrons. The monoisotopic (exact) mass is 381 g/mol. The van der Waals surface area contributed by atoms with Gasteiger partial charge in [0.1, 0.15) is 11.3 Å². The van der Waals surface area contributed by atoms with Gasteiger partial charge in [-0.05, 0) is 31.4 Å². The van der Waals surface area contributed by atoms with Crippen LogP contribution in [0.4, 0.5) is 4.79 Å². The van der Waals surface area contributed by atoms with E-state index in [-0.39, 0.29) is 6.42 Å². The molecule has 0 bridgehead atoms. The van der Waals surface area contributed by atoms with Gasteiger partial charge in [0.05, 0.1) is 13.5 Å². The fraction of sp³-hybridized carbons (Fsp3) is 0.286. The number of nitrogens with one attached hydrogen (secondary N) is 2. The van der Waals surface area contributed by atoms with Gasteiger partial charge in [0.2, 0.25) is 5.91 Å². The normalized spacial score (nSPS) is 18.7. The smallest absolute Gasteiger partial charge is 0.344 e.